The van der Waals surface area contributed by atoms with E-state index in [0.717, 1.165) is 31.8 Å². The number of carbonyl (C=O) groups excluding carboxylic acids is 2. The first-order valence-corrected chi connectivity index (χ1v) is 6.58. The fourth-order valence-corrected chi connectivity index (χ4v) is 1.84. The fraction of sp³-hybridized carbons (Fsp3) is 0.600. The Morgan fingerprint density at radius 2 is 1.61 bits per heavy atom. The molecule has 18 heavy (non-hydrogen) atoms. The molecule has 0 N–H and O–H groups in total. The Bertz CT molecular complexity index is 297. The van der Waals surface area contributed by atoms with Crippen LogP contribution in [0.3, 0.4) is 0 Å². The number of ether oxygens (including phenoxy) is 1. The van der Waals surface area contributed by atoms with Crippen molar-refractivity contribution in [2.45, 2.75) is 52.4 Å². The largest absolute Gasteiger partial charge is 0.389 e. The Morgan fingerprint density at radius 1 is 1.11 bits per heavy atom. The third kappa shape index (κ3) is 4.86. The van der Waals surface area contributed by atoms with Gasteiger partial charge in [0.2, 0.25) is 0 Å². The van der Waals surface area contributed by atoms with Crippen LogP contribution in [0.2, 0.25) is 0 Å². The van der Waals surface area contributed by atoms with Crippen LogP contribution in [-0.4, -0.2) is 11.9 Å². The minimum Gasteiger partial charge on any atom is -0.389 e. The van der Waals surface area contributed by atoms with E-state index in [1.54, 1.807) is 6.08 Å². The van der Waals surface area contributed by atoms with Crippen molar-refractivity contribution in [1.29, 1.82) is 0 Å². The molecule has 0 saturated heterocycles. The molecule has 0 aromatic carbocycles. The maximum absolute atomic E-state index is 12.1. The van der Waals surface area contributed by atoms with Crippen molar-refractivity contribution >= 4 is 11.9 Å². The first kappa shape index (κ1) is 16.6. The zero-order valence-corrected chi connectivity index (χ0v) is 11.5. The highest BCUT2D eigenvalue weighted by atomic mass is 16.6. The van der Waals surface area contributed by atoms with E-state index in [1.165, 1.54) is 0 Å². The summed E-state index contributed by atoms with van der Waals surface area (Å²) in [5.74, 6) is -1.19. The van der Waals surface area contributed by atoms with Crippen LogP contribution in [0, 0.1) is 5.41 Å². The zero-order chi connectivity index (χ0) is 14.0. The van der Waals surface area contributed by atoms with E-state index in [0.29, 0.717) is 12.8 Å². The highest BCUT2D eigenvalue weighted by molar-refractivity contribution is 5.94. The van der Waals surface area contributed by atoms with Crippen LogP contribution in [0.1, 0.15) is 52.4 Å². The summed E-state index contributed by atoms with van der Waals surface area (Å²) in [5, 5.41) is 0. The Morgan fingerprint density at radius 3 is 1.94 bits per heavy atom. The van der Waals surface area contributed by atoms with Crippen molar-refractivity contribution < 1.29 is 14.3 Å². The van der Waals surface area contributed by atoms with E-state index in [4.69, 9.17) is 4.74 Å². The van der Waals surface area contributed by atoms with E-state index in [2.05, 4.69) is 27.0 Å². The lowest BCUT2D eigenvalue weighted by molar-refractivity contribution is -0.163. The quantitative estimate of drug-likeness (QED) is 0.271. The number of unbranched alkanes of at least 4 members (excludes halogenated alkanes) is 2. The Hall–Kier alpha value is -1.38. The van der Waals surface area contributed by atoms with Gasteiger partial charge >= 0.3 is 11.9 Å². The molecule has 0 rings (SSSR count). The van der Waals surface area contributed by atoms with Gasteiger partial charge in [-0.3, -0.25) is 4.79 Å². The summed E-state index contributed by atoms with van der Waals surface area (Å²) in [5.41, 5.74) is -0.731. The summed E-state index contributed by atoms with van der Waals surface area (Å²) in [4.78, 5) is 23.3. The van der Waals surface area contributed by atoms with E-state index in [9.17, 15) is 9.59 Å². The van der Waals surface area contributed by atoms with Crippen LogP contribution in [0.15, 0.2) is 25.3 Å². The molecule has 0 heterocycles. The SMILES string of the molecule is C=CC(=O)OC(=O)C(C=C)(CCCC)CCCC. The van der Waals surface area contributed by atoms with Gasteiger partial charge in [-0.1, -0.05) is 52.2 Å². The van der Waals surface area contributed by atoms with Gasteiger partial charge in [0.15, 0.2) is 0 Å². The molecule has 0 amide bonds. The highest BCUT2D eigenvalue weighted by Crippen LogP contribution is 2.34. The van der Waals surface area contributed by atoms with Crippen LogP contribution < -0.4 is 0 Å². The molecule has 0 saturated carbocycles. The molecule has 0 bridgehead atoms. The molecule has 3 heteroatoms. The highest BCUT2D eigenvalue weighted by Gasteiger charge is 2.36. The average Bonchev–Trinajstić information content (AvgIpc) is 2.39. The summed E-state index contributed by atoms with van der Waals surface area (Å²) >= 11 is 0. The van der Waals surface area contributed by atoms with Gasteiger partial charge in [0.05, 0.1) is 5.41 Å². The molecule has 0 atom stereocenters. The number of esters is 2. The number of hydrogen-bond donors (Lipinski definition) is 0. The summed E-state index contributed by atoms with van der Waals surface area (Å²) in [6.45, 7) is 11.2. The monoisotopic (exact) mass is 252 g/mol. The molecule has 0 aliphatic heterocycles. The van der Waals surface area contributed by atoms with Crippen molar-refractivity contribution in [3.63, 3.8) is 0 Å². The van der Waals surface area contributed by atoms with Gasteiger partial charge in [0.1, 0.15) is 0 Å². The minimum absolute atomic E-state index is 0.496. The average molecular weight is 252 g/mol. The Balaban J connectivity index is 4.89. The normalized spacial score (nSPS) is 10.8. The standard InChI is InChI=1S/C15H24O3/c1-5-9-11-15(8-4,12-10-6-2)14(17)18-13(16)7-3/h7-8H,3-6,9-12H2,1-2H3. The second-order valence-corrected chi connectivity index (χ2v) is 4.48. The first-order chi connectivity index (χ1) is 8.56. The zero-order valence-electron chi connectivity index (χ0n) is 11.5. The molecule has 0 aliphatic carbocycles. The number of carbonyl (C=O) groups is 2. The van der Waals surface area contributed by atoms with Crippen molar-refractivity contribution in [1.82, 2.24) is 0 Å². The smallest absolute Gasteiger partial charge is 0.337 e. The predicted octanol–water partition coefficient (Wildman–Crippen LogP) is 3.80. The van der Waals surface area contributed by atoms with Crippen LogP contribution >= 0.6 is 0 Å². The number of rotatable bonds is 9. The second kappa shape index (κ2) is 8.67. The summed E-state index contributed by atoms with van der Waals surface area (Å²) in [6, 6.07) is 0. The fourth-order valence-electron chi connectivity index (χ4n) is 1.84. The molecule has 0 aliphatic rings. The van der Waals surface area contributed by atoms with Gasteiger partial charge in [0.25, 0.3) is 0 Å². The van der Waals surface area contributed by atoms with E-state index in [1.807, 2.05) is 0 Å². The van der Waals surface area contributed by atoms with Crippen molar-refractivity contribution in [3.8, 4) is 0 Å². The topological polar surface area (TPSA) is 43.4 Å². The predicted molar refractivity (Wildman–Crippen MR) is 73.0 cm³/mol. The molecule has 102 valence electrons. The molecule has 0 unspecified atom stereocenters. The Labute approximate surface area is 110 Å². The third-order valence-electron chi connectivity index (χ3n) is 3.11. The van der Waals surface area contributed by atoms with Gasteiger partial charge in [-0.05, 0) is 12.8 Å². The molecule has 3 nitrogen and oxygen atoms in total. The maximum Gasteiger partial charge on any atom is 0.337 e. The van der Waals surface area contributed by atoms with E-state index in [-0.39, 0.29) is 0 Å². The molecule has 0 aromatic heterocycles. The second-order valence-electron chi connectivity index (χ2n) is 4.48. The summed E-state index contributed by atoms with van der Waals surface area (Å²) < 4.78 is 4.78. The van der Waals surface area contributed by atoms with E-state index < -0.39 is 17.4 Å². The lowest BCUT2D eigenvalue weighted by Gasteiger charge is -2.27. The van der Waals surface area contributed by atoms with Crippen LogP contribution in [0.5, 0.6) is 0 Å². The van der Waals surface area contributed by atoms with Gasteiger partial charge in [-0.25, -0.2) is 4.79 Å². The minimum atomic E-state index is -0.731. The van der Waals surface area contributed by atoms with Crippen LogP contribution in [-0.2, 0) is 14.3 Å². The summed E-state index contributed by atoms with van der Waals surface area (Å²) in [7, 11) is 0. The molecule has 0 aromatic rings. The maximum atomic E-state index is 12.1. The van der Waals surface area contributed by atoms with E-state index >= 15 is 0 Å². The Kier molecular flexibility index (Phi) is 8.01. The van der Waals surface area contributed by atoms with Gasteiger partial charge in [0, 0.05) is 6.08 Å². The molecular formula is C15H24O3. The lowest BCUT2D eigenvalue weighted by Crippen LogP contribution is -2.32. The van der Waals surface area contributed by atoms with Gasteiger partial charge < -0.3 is 4.74 Å². The van der Waals surface area contributed by atoms with Crippen molar-refractivity contribution in [2.24, 2.45) is 5.41 Å². The molecule has 0 fully saturated rings. The lowest BCUT2D eigenvalue weighted by atomic mass is 9.78. The first-order valence-electron chi connectivity index (χ1n) is 6.58. The van der Waals surface area contributed by atoms with Crippen LogP contribution in [0.4, 0.5) is 0 Å². The number of hydrogen-bond acceptors (Lipinski definition) is 3. The summed E-state index contributed by atoms with van der Waals surface area (Å²) in [6.07, 6.45) is 7.80. The van der Waals surface area contributed by atoms with Gasteiger partial charge in [-0.15, -0.1) is 6.58 Å². The molecular weight excluding hydrogens is 228 g/mol. The third-order valence-corrected chi connectivity index (χ3v) is 3.11. The van der Waals surface area contributed by atoms with Gasteiger partial charge in [-0.2, -0.15) is 0 Å². The molecule has 0 radical (unpaired) electrons. The van der Waals surface area contributed by atoms with Crippen molar-refractivity contribution in [3.05, 3.63) is 25.3 Å². The van der Waals surface area contributed by atoms with Crippen molar-refractivity contribution in [2.75, 3.05) is 0 Å². The van der Waals surface area contributed by atoms with Crippen LogP contribution in [0.25, 0.3) is 0 Å². The molecule has 0 spiro atoms.